The van der Waals surface area contributed by atoms with Gasteiger partial charge in [-0.15, -0.1) is 0 Å². The van der Waals surface area contributed by atoms with Crippen molar-refractivity contribution in [3.8, 4) is 0 Å². The zero-order chi connectivity index (χ0) is 59.9. The molecule has 0 aliphatic carbocycles. The monoisotopic (exact) mass is 1160 g/mol. The van der Waals surface area contributed by atoms with Gasteiger partial charge in [-0.05, 0) is 83.5 Å². The molecule has 0 aromatic carbocycles. The molecule has 0 N–H and O–H groups in total. The van der Waals surface area contributed by atoms with Crippen LogP contribution in [-0.2, 0) is 28.6 Å². The van der Waals surface area contributed by atoms with E-state index >= 15 is 0 Å². The molecule has 83 heavy (non-hydrogen) atoms. The summed E-state index contributed by atoms with van der Waals surface area (Å²) in [4.78, 5) is 38.3. The largest absolute Gasteiger partial charge is 0.462 e. The van der Waals surface area contributed by atoms with Crippen molar-refractivity contribution < 1.29 is 28.6 Å². The van der Waals surface area contributed by atoms with Crippen LogP contribution in [0.5, 0.6) is 0 Å². The van der Waals surface area contributed by atoms with Gasteiger partial charge in [0.2, 0.25) is 0 Å². The Balaban J connectivity index is 4.05. The first kappa shape index (κ1) is 80.1. The molecular weight excluding hydrogens is 1020 g/mol. The Hall–Kier alpha value is -2.89. The van der Waals surface area contributed by atoms with E-state index in [4.69, 9.17) is 14.2 Å². The molecule has 0 amide bonds. The molecule has 0 bridgehead atoms. The molecule has 484 valence electrons. The summed E-state index contributed by atoms with van der Waals surface area (Å²) in [6.45, 7) is 6.57. The van der Waals surface area contributed by atoms with Gasteiger partial charge in [0.25, 0.3) is 0 Å². The molecule has 0 aliphatic rings. The predicted molar refractivity (Wildman–Crippen MR) is 362 cm³/mol. The Kier molecular flexibility index (Phi) is 69.1. The van der Waals surface area contributed by atoms with Crippen molar-refractivity contribution in [2.45, 2.75) is 399 Å². The van der Waals surface area contributed by atoms with Crippen LogP contribution >= 0.6 is 0 Å². The molecular formula is C77H140O6. The molecule has 0 spiro atoms. The standard InChI is InChI=1S/C77H140O6/c1-4-7-10-13-16-19-21-23-25-27-29-31-33-34-35-36-37-38-39-40-41-42-44-45-47-49-51-53-55-58-61-64-67-70-76(79)82-73-74(72-81-75(78)69-66-63-60-57-18-15-12-9-6-3)83-77(80)71-68-65-62-59-56-54-52-50-48-46-43-32-30-28-26-24-22-20-17-14-11-8-5-2/h7,10,16,19,23,25,28-31,74H,4-6,8-9,11-15,17-18,20-22,24,26-27,32-73H2,1-3H3/b10-7-,19-16-,25-23-,30-28-,31-29-. The minimum atomic E-state index is -0.770. The van der Waals surface area contributed by atoms with E-state index in [1.807, 2.05) is 0 Å². The van der Waals surface area contributed by atoms with Gasteiger partial charge >= 0.3 is 17.9 Å². The van der Waals surface area contributed by atoms with Crippen LogP contribution in [-0.4, -0.2) is 37.2 Å². The van der Waals surface area contributed by atoms with Gasteiger partial charge in [0, 0.05) is 19.3 Å². The predicted octanol–water partition coefficient (Wildman–Crippen LogP) is 25.5. The van der Waals surface area contributed by atoms with Gasteiger partial charge in [0.05, 0.1) is 0 Å². The lowest BCUT2D eigenvalue weighted by Crippen LogP contribution is -2.30. The fraction of sp³-hybridized carbons (Fsp3) is 0.831. The van der Waals surface area contributed by atoms with Crippen molar-refractivity contribution in [1.82, 2.24) is 0 Å². The van der Waals surface area contributed by atoms with E-state index in [0.717, 1.165) is 83.5 Å². The first-order valence-electron chi connectivity index (χ1n) is 36.8. The third-order valence-electron chi connectivity index (χ3n) is 16.5. The van der Waals surface area contributed by atoms with Crippen LogP contribution in [0.25, 0.3) is 0 Å². The van der Waals surface area contributed by atoms with E-state index in [1.165, 1.54) is 270 Å². The Labute approximate surface area is 517 Å². The Morgan fingerprint density at radius 1 is 0.253 bits per heavy atom. The van der Waals surface area contributed by atoms with Crippen molar-refractivity contribution in [2.24, 2.45) is 0 Å². The van der Waals surface area contributed by atoms with Gasteiger partial charge in [-0.2, -0.15) is 0 Å². The van der Waals surface area contributed by atoms with Crippen molar-refractivity contribution in [3.05, 3.63) is 60.8 Å². The Bertz CT molecular complexity index is 1470. The highest BCUT2D eigenvalue weighted by molar-refractivity contribution is 5.71. The molecule has 6 heteroatoms. The zero-order valence-corrected chi connectivity index (χ0v) is 55.7. The van der Waals surface area contributed by atoms with E-state index in [9.17, 15) is 14.4 Å². The molecule has 1 unspecified atom stereocenters. The Morgan fingerprint density at radius 2 is 0.470 bits per heavy atom. The maximum atomic E-state index is 12.9. The summed E-state index contributed by atoms with van der Waals surface area (Å²) in [5.41, 5.74) is 0. The number of esters is 3. The minimum absolute atomic E-state index is 0.0678. The van der Waals surface area contributed by atoms with Crippen molar-refractivity contribution in [2.75, 3.05) is 13.2 Å². The third kappa shape index (κ3) is 69.8. The van der Waals surface area contributed by atoms with E-state index in [2.05, 4.69) is 81.5 Å². The summed E-state index contributed by atoms with van der Waals surface area (Å²) < 4.78 is 17.0. The Morgan fingerprint density at radius 3 is 0.747 bits per heavy atom. The van der Waals surface area contributed by atoms with Gasteiger partial charge in [-0.1, -0.05) is 351 Å². The second-order valence-electron chi connectivity index (χ2n) is 24.8. The fourth-order valence-electron chi connectivity index (χ4n) is 11.0. The second-order valence-corrected chi connectivity index (χ2v) is 24.8. The third-order valence-corrected chi connectivity index (χ3v) is 16.5. The zero-order valence-electron chi connectivity index (χ0n) is 55.7. The van der Waals surface area contributed by atoms with Crippen LogP contribution in [0.15, 0.2) is 60.8 Å². The van der Waals surface area contributed by atoms with E-state index in [1.54, 1.807) is 0 Å². The quantitative estimate of drug-likeness (QED) is 0.0261. The van der Waals surface area contributed by atoms with Crippen molar-refractivity contribution in [3.63, 3.8) is 0 Å². The summed E-state index contributed by atoms with van der Waals surface area (Å²) in [5.74, 6) is -0.845. The summed E-state index contributed by atoms with van der Waals surface area (Å²) in [6, 6.07) is 0. The number of carbonyl (C=O) groups is 3. The summed E-state index contributed by atoms with van der Waals surface area (Å²) in [6.07, 6.45) is 92.8. The number of allylic oxidation sites excluding steroid dienone is 10. The first-order chi connectivity index (χ1) is 41.0. The van der Waals surface area contributed by atoms with Crippen molar-refractivity contribution in [1.29, 1.82) is 0 Å². The van der Waals surface area contributed by atoms with E-state index < -0.39 is 6.10 Å². The first-order valence-corrected chi connectivity index (χ1v) is 36.8. The van der Waals surface area contributed by atoms with E-state index in [-0.39, 0.29) is 31.1 Å². The van der Waals surface area contributed by atoms with Gasteiger partial charge < -0.3 is 14.2 Å². The summed E-state index contributed by atoms with van der Waals surface area (Å²) in [7, 11) is 0. The molecule has 0 saturated heterocycles. The van der Waals surface area contributed by atoms with Crippen LogP contribution in [0.1, 0.15) is 393 Å². The normalized spacial score (nSPS) is 12.4. The number of hydrogen-bond acceptors (Lipinski definition) is 6. The molecule has 0 rings (SSSR count). The fourth-order valence-corrected chi connectivity index (χ4v) is 11.0. The maximum absolute atomic E-state index is 12.9. The van der Waals surface area contributed by atoms with Crippen LogP contribution in [0.2, 0.25) is 0 Å². The molecule has 0 aromatic rings. The second kappa shape index (κ2) is 71.6. The number of rotatable bonds is 68. The molecule has 0 aromatic heterocycles. The van der Waals surface area contributed by atoms with E-state index in [0.29, 0.717) is 19.3 Å². The average molecular weight is 1160 g/mol. The highest BCUT2D eigenvalue weighted by Gasteiger charge is 2.19. The van der Waals surface area contributed by atoms with Gasteiger partial charge in [0.1, 0.15) is 13.2 Å². The molecule has 0 radical (unpaired) electrons. The van der Waals surface area contributed by atoms with Gasteiger partial charge in [-0.3, -0.25) is 14.4 Å². The number of ether oxygens (including phenoxy) is 3. The lowest BCUT2D eigenvalue weighted by Gasteiger charge is -2.18. The minimum Gasteiger partial charge on any atom is -0.462 e. The molecule has 0 aliphatic heterocycles. The van der Waals surface area contributed by atoms with Crippen LogP contribution < -0.4 is 0 Å². The van der Waals surface area contributed by atoms with Crippen LogP contribution in [0.4, 0.5) is 0 Å². The number of carbonyl (C=O) groups excluding carboxylic acids is 3. The van der Waals surface area contributed by atoms with Crippen LogP contribution in [0.3, 0.4) is 0 Å². The lowest BCUT2D eigenvalue weighted by atomic mass is 10.0. The SMILES string of the molecule is CC/C=C\C/C=C\C/C=C\C/C=C\CCCCCCCCCCCCCCCCCCCCCCC(=O)OCC(COC(=O)CCCCCCCCCCC)OC(=O)CCCCCCCCCCCCC/C=C\CCCCCCCCCC. The topological polar surface area (TPSA) is 78.9 Å². The van der Waals surface area contributed by atoms with Crippen LogP contribution in [0, 0.1) is 0 Å². The van der Waals surface area contributed by atoms with Crippen molar-refractivity contribution >= 4 is 17.9 Å². The van der Waals surface area contributed by atoms with Gasteiger partial charge in [0.15, 0.2) is 6.10 Å². The highest BCUT2D eigenvalue weighted by atomic mass is 16.6. The smallest absolute Gasteiger partial charge is 0.306 e. The molecule has 0 saturated carbocycles. The number of unbranched alkanes of at least 4 members (excludes halogenated alkanes) is 47. The average Bonchev–Trinajstić information content (AvgIpc) is 3.49. The summed E-state index contributed by atoms with van der Waals surface area (Å²) in [5, 5.41) is 0. The molecule has 0 fully saturated rings. The highest BCUT2D eigenvalue weighted by Crippen LogP contribution is 2.19. The molecule has 6 nitrogen and oxygen atoms in total. The maximum Gasteiger partial charge on any atom is 0.306 e. The summed E-state index contributed by atoms with van der Waals surface area (Å²) >= 11 is 0. The lowest BCUT2D eigenvalue weighted by molar-refractivity contribution is -0.167. The molecule has 0 heterocycles. The van der Waals surface area contributed by atoms with Gasteiger partial charge in [-0.25, -0.2) is 0 Å². The molecule has 1 atom stereocenters. The number of hydrogen-bond donors (Lipinski definition) is 0.